The average Bonchev–Trinajstić information content (AvgIpc) is 3.32. The van der Waals surface area contributed by atoms with Gasteiger partial charge in [0.1, 0.15) is 5.56 Å². The Kier molecular flexibility index (Phi) is 3.55. The van der Waals surface area contributed by atoms with E-state index in [1.54, 1.807) is 16.9 Å². The summed E-state index contributed by atoms with van der Waals surface area (Å²) in [5, 5.41) is 7.59. The number of amides is 1. The fraction of sp³-hybridized carbons (Fsp3) is 0.632. The number of hydrogen-bond donors (Lipinski definition) is 1. The van der Waals surface area contributed by atoms with Gasteiger partial charge in [-0.05, 0) is 24.8 Å². The van der Waals surface area contributed by atoms with Crippen molar-refractivity contribution in [2.45, 2.75) is 51.2 Å². The molecule has 1 aliphatic heterocycles. The number of ether oxygens (including phenoxy) is 1. The maximum atomic E-state index is 12.9. The van der Waals surface area contributed by atoms with Gasteiger partial charge in [-0.2, -0.15) is 5.10 Å². The second-order valence-electron chi connectivity index (χ2n) is 7.87. The van der Waals surface area contributed by atoms with Crippen LogP contribution in [0.3, 0.4) is 0 Å². The SMILES string of the molecule is Cc1cnc2c(C(=O)N[C@H]3[C@H]4CCO[C@H]4[C@H]3C3CCCC3)cnn2c1. The number of nitrogens with zero attached hydrogens (tertiary/aromatic N) is 3. The van der Waals surface area contributed by atoms with Crippen molar-refractivity contribution in [2.75, 3.05) is 6.61 Å². The minimum atomic E-state index is -0.0512. The van der Waals surface area contributed by atoms with Crippen LogP contribution >= 0.6 is 0 Å². The number of rotatable bonds is 3. The highest BCUT2D eigenvalue weighted by molar-refractivity contribution is 5.99. The zero-order valence-corrected chi connectivity index (χ0v) is 14.5. The predicted octanol–water partition coefficient (Wildman–Crippen LogP) is 2.36. The molecule has 4 atom stereocenters. The molecule has 1 amide bonds. The summed E-state index contributed by atoms with van der Waals surface area (Å²) < 4.78 is 7.66. The Hall–Kier alpha value is -1.95. The lowest BCUT2D eigenvalue weighted by molar-refractivity contribution is -0.0784. The van der Waals surface area contributed by atoms with Gasteiger partial charge in [0.05, 0.1) is 12.3 Å². The summed E-state index contributed by atoms with van der Waals surface area (Å²) in [6.45, 7) is 2.80. The summed E-state index contributed by atoms with van der Waals surface area (Å²) in [4.78, 5) is 17.3. The fourth-order valence-electron chi connectivity index (χ4n) is 5.22. The molecule has 2 saturated carbocycles. The van der Waals surface area contributed by atoms with Crippen LogP contribution in [0.15, 0.2) is 18.6 Å². The quantitative estimate of drug-likeness (QED) is 0.931. The molecular formula is C19H24N4O2. The van der Waals surface area contributed by atoms with Gasteiger partial charge in [0, 0.05) is 36.9 Å². The van der Waals surface area contributed by atoms with Crippen molar-refractivity contribution in [3.05, 3.63) is 29.7 Å². The van der Waals surface area contributed by atoms with Crippen LogP contribution in [0.1, 0.15) is 48.0 Å². The molecule has 3 fully saturated rings. The van der Waals surface area contributed by atoms with Gasteiger partial charge >= 0.3 is 0 Å². The van der Waals surface area contributed by atoms with Gasteiger partial charge in [0.15, 0.2) is 5.65 Å². The molecule has 132 valence electrons. The molecule has 0 spiro atoms. The topological polar surface area (TPSA) is 68.5 Å². The summed E-state index contributed by atoms with van der Waals surface area (Å²) in [5.74, 6) is 1.61. The van der Waals surface area contributed by atoms with Crippen LogP contribution in [0.4, 0.5) is 0 Å². The fourth-order valence-corrected chi connectivity index (χ4v) is 5.22. The van der Waals surface area contributed by atoms with Crippen LogP contribution in [0.2, 0.25) is 0 Å². The van der Waals surface area contributed by atoms with Crippen LogP contribution in [0.25, 0.3) is 5.65 Å². The first-order valence-electron chi connectivity index (χ1n) is 9.45. The molecule has 0 unspecified atom stereocenters. The Morgan fingerprint density at radius 3 is 2.96 bits per heavy atom. The molecule has 0 bridgehead atoms. The molecule has 2 aliphatic carbocycles. The van der Waals surface area contributed by atoms with Gasteiger partial charge < -0.3 is 10.1 Å². The molecular weight excluding hydrogens is 316 g/mol. The Labute approximate surface area is 147 Å². The lowest BCUT2D eigenvalue weighted by Gasteiger charge is -2.50. The van der Waals surface area contributed by atoms with Crippen molar-refractivity contribution in [1.29, 1.82) is 0 Å². The van der Waals surface area contributed by atoms with Crippen LogP contribution in [-0.2, 0) is 4.74 Å². The standard InChI is InChI=1S/C19H24N4O2/c1-11-8-20-18-14(9-21-23(18)10-11)19(24)22-16-13-6-7-25-17(13)15(16)12-4-2-3-5-12/h8-10,12-13,15-17H,2-7H2,1H3,(H,22,24)/t13-,15+,16+,17-/m1/s1. The second kappa shape index (κ2) is 5.80. The van der Waals surface area contributed by atoms with Crippen molar-refractivity contribution < 1.29 is 9.53 Å². The minimum absolute atomic E-state index is 0.0512. The van der Waals surface area contributed by atoms with Crippen molar-refractivity contribution in [1.82, 2.24) is 19.9 Å². The van der Waals surface area contributed by atoms with Crippen molar-refractivity contribution in [2.24, 2.45) is 17.8 Å². The Morgan fingerprint density at radius 2 is 2.12 bits per heavy atom. The van der Waals surface area contributed by atoms with E-state index in [0.717, 1.165) is 18.6 Å². The smallest absolute Gasteiger partial charge is 0.257 e. The molecule has 2 aromatic rings. The largest absolute Gasteiger partial charge is 0.377 e. The van der Waals surface area contributed by atoms with Crippen LogP contribution < -0.4 is 5.32 Å². The summed E-state index contributed by atoms with van der Waals surface area (Å²) in [5.41, 5.74) is 2.21. The Balaban J connectivity index is 1.38. The molecule has 0 radical (unpaired) electrons. The highest BCUT2D eigenvalue weighted by Gasteiger charge is 2.57. The van der Waals surface area contributed by atoms with Gasteiger partial charge in [-0.3, -0.25) is 4.79 Å². The number of carbonyl (C=O) groups is 1. The molecule has 3 heterocycles. The third kappa shape index (κ3) is 2.38. The van der Waals surface area contributed by atoms with Crippen molar-refractivity contribution >= 4 is 11.6 Å². The van der Waals surface area contributed by atoms with Gasteiger partial charge in [-0.15, -0.1) is 0 Å². The van der Waals surface area contributed by atoms with Crippen LogP contribution in [0.5, 0.6) is 0 Å². The first-order valence-corrected chi connectivity index (χ1v) is 9.45. The molecule has 25 heavy (non-hydrogen) atoms. The van der Waals surface area contributed by atoms with Crippen molar-refractivity contribution in [3.63, 3.8) is 0 Å². The Bertz CT molecular complexity index is 806. The maximum absolute atomic E-state index is 12.9. The normalized spacial score (nSPS) is 31.9. The summed E-state index contributed by atoms with van der Waals surface area (Å²) >= 11 is 0. The van der Waals surface area contributed by atoms with E-state index in [1.165, 1.54) is 25.7 Å². The minimum Gasteiger partial charge on any atom is -0.377 e. The summed E-state index contributed by atoms with van der Waals surface area (Å²) in [6.07, 6.45) is 11.9. The Morgan fingerprint density at radius 1 is 1.28 bits per heavy atom. The molecule has 0 aromatic carbocycles. The van der Waals surface area contributed by atoms with Crippen LogP contribution in [0, 0.1) is 24.7 Å². The highest BCUT2D eigenvalue weighted by atomic mass is 16.5. The predicted molar refractivity (Wildman–Crippen MR) is 92.3 cm³/mol. The van der Waals surface area contributed by atoms with E-state index in [4.69, 9.17) is 4.74 Å². The van der Waals surface area contributed by atoms with Gasteiger partial charge in [0.2, 0.25) is 0 Å². The molecule has 6 nitrogen and oxygen atoms in total. The number of fused-ring (bicyclic) bond motifs is 2. The van der Waals surface area contributed by atoms with E-state index in [-0.39, 0.29) is 11.9 Å². The number of nitrogens with one attached hydrogen (secondary N) is 1. The second-order valence-corrected chi connectivity index (χ2v) is 7.87. The van der Waals surface area contributed by atoms with Crippen LogP contribution in [-0.4, -0.2) is 39.3 Å². The summed E-state index contributed by atoms with van der Waals surface area (Å²) in [7, 11) is 0. The number of aromatic nitrogens is 3. The lowest BCUT2D eigenvalue weighted by atomic mass is 9.61. The first-order chi connectivity index (χ1) is 12.2. The molecule has 2 aromatic heterocycles. The maximum Gasteiger partial charge on any atom is 0.257 e. The van der Waals surface area contributed by atoms with E-state index in [1.807, 2.05) is 13.1 Å². The summed E-state index contributed by atoms with van der Waals surface area (Å²) in [6, 6.07) is 0.239. The van der Waals surface area contributed by atoms with E-state index in [2.05, 4.69) is 15.4 Å². The molecule has 1 N–H and O–H groups in total. The zero-order chi connectivity index (χ0) is 17.0. The molecule has 5 rings (SSSR count). The van der Waals surface area contributed by atoms with E-state index in [9.17, 15) is 4.79 Å². The molecule has 1 saturated heterocycles. The van der Waals surface area contributed by atoms with Crippen molar-refractivity contribution in [3.8, 4) is 0 Å². The average molecular weight is 340 g/mol. The number of aryl methyl sites for hydroxylation is 1. The third-order valence-electron chi connectivity index (χ3n) is 6.41. The number of carbonyl (C=O) groups excluding carboxylic acids is 1. The number of hydrogen-bond acceptors (Lipinski definition) is 4. The van der Waals surface area contributed by atoms with E-state index in [0.29, 0.717) is 35.1 Å². The van der Waals surface area contributed by atoms with Gasteiger partial charge in [-0.1, -0.05) is 25.7 Å². The molecule has 6 heteroatoms. The van der Waals surface area contributed by atoms with E-state index >= 15 is 0 Å². The van der Waals surface area contributed by atoms with E-state index < -0.39 is 0 Å². The first kappa shape index (κ1) is 15.3. The lowest BCUT2D eigenvalue weighted by Crippen LogP contribution is -2.63. The zero-order valence-electron chi connectivity index (χ0n) is 14.5. The van der Waals surface area contributed by atoms with Gasteiger partial charge in [-0.25, -0.2) is 9.50 Å². The monoisotopic (exact) mass is 340 g/mol. The molecule has 3 aliphatic rings. The third-order valence-corrected chi connectivity index (χ3v) is 6.41. The van der Waals surface area contributed by atoms with Gasteiger partial charge in [0.25, 0.3) is 5.91 Å². The highest BCUT2D eigenvalue weighted by Crippen LogP contribution is 2.51.